The zero-order valence-electron chi connectivity index (χ0n) is 18.6. The number of rotatable bonds is 4. The monoisotopic (exact) mass is 508 g/mol. The highest BCUT2D eigenvalue weighted by Gasteiger charge is 2.31. The SMILES string of the molecule is Nc1n[nH]c2nc(Cl)c(Cn3c(C(=O)O)c(-c4ccc[nH]c4=O)c4c5c(c(F)cc43)CCCO5)cc12. The molecule has 10 nitrogen and oxygen atoms in total. The summed E-state index contributed by atoms with van der Waals surface area (Å²) in [7, 11) is 0. The van der Waals surface area contributed by atoms with Crippen LogP contribution in [0, 0.1) is 5.82 Å². The summed E-state index contributed by atoms with van der Waals surface area (Å²) >= 11 is 6.43. The van der Waals surface area contributed by atoms with Gasteiger partial charge in [0.2, 0.25) is 0 Å². The van der Waals surface area contributed by atoms with Crippen molar-refractivity contribution in [2.24, 2.45) is 0 Å². The van der Waals surface area contributed by atoms with E-state index in [2.05, 4.69) is 20.2 Å². The molecule has 0 saturated carbocycles. The van der Waals surface area contributed by atoms with Crippen LogP contribution in [0.1, 0.15) is 28.0 Å². The summed E-state index contributed by atoms with van der Waals surface area (Å²) in [5.41, 5.74) is 6.91. The number of aromatic amines is 2. The fourth-order valence-corrected chi connectivity index (χ4v) is 5.03. The number of fused-ring (bicyclic) bond motifs is 4. The fraction of sp³-hybridized carbons (Fsp3) is 0.167. The maximum atomic E-state index is 15.3. The van der Waals surface area contributed by atoms with Gasteiger partial charge in [-0.25, -0.2) is 14.2 Å². The van der Waals surface area contributed by atoms with Gasteiger partial charge >= 0.3 is 5.97 Å². The normalized spacial score (nSPS) is 13.2. The van der Waals surface area contributed by atoms with Gasteiger partial charge in [-0.05, 0) is 37.1 Å². The van der Waals surface area contributed by atoms with Gasteiger partial charge in [0.1, 0.15) is 22.4 Å². The number of carboxylic acids is 1. The lowest BCUT2D eigenvalue weighted by Crippen LogP contribution is -2.14. The number of hydrogen-bond donors (Lipinski definition) is 4. The number of ether oxygens (including phenoxy) is 1. The first-order valence-electron chi connectivity index (χ1n) is 11.1. The van der Waals surface area contributed by atoms with Crippen molar-refractivity contribution in [3.8, 4) is 16.9 Å². The highest BCUT2D eigenvalue weighted by Crippen LogP contribution is 2.44. The summed E-state index contributed by atoms with van der Waals surface area (Å²) in [6, 6.07) is 6.05. The number of H-pyrrole nitrogens is 2. The number of nitrogens with zero attached hydrogens (tertiary/aromatic N) is 3. The lowest BCUT2D eigenvalue weighted by molar-refractivity contribution is 0.0687. The number of halogens is 2. The lowest BCUT2D eigenvalue weighted by Gasteiger charge is -2.20. The van der Waals surface area contributed by atoms with Crippen LogP contribution in [0.5, 0.6) is 5.75 Å². The molecule has 0 fully saturated rings. The number of aromatic carboxylic acids is 1. The number of carbonyl (C=O) groups is 1. The zero-order chi connectivity index (χ0) is 25.1. The van der Waals surface area contributed by atoms with Crippen LogP contribution in [-0.4, -0.2) is 42.4 Å². The Labute approximate surface area is 206 Å². The first-order valence-corrected chi connectivity index (χ1v) is 11.4. The van der Waals surface area contributed by atoms with Crippen molar-refractivity contribution in [2.75, 3.05) is 12.3 Å². The first-order chi connectivity index (χ1) is 17.3. The number of carboxylic acid groups (broad SMARTS) is 1. The molecule has 5 N–H and O–H groups in total. The Morgan fingerprint density at radius 2 is 2.19 bits per heavy atom. The van der Waals surface area contributed by atoms with Crippen molar-refractivity contribution in [3.05, 3.63) is 68.6 Å². The number of hydrogen-bond acceptors (Lipinski definition) is 6. The van der Waals surface area contributed by atoms with E-state index in [9.17, 15) is 14.7 Å². The first kappa shape index (κ1) is 22.1. The second-order valence-electron chi connectivity index (χ2n) is 8.48. The number of nitrogens with two attached hydrogens (primary N) is 1. The maximum Gasteiger partial charge on any atom is 0.353 e. The largest absolute Gasteiger partial charge is 0.492 e. The third-order valence-electron chi connectivity index (χ3n) is 6.40. The molecule has 0 amide bonds. The van der Waals surface area contributed by atoms with Crippen LogP contribution in [0.4, 0.5) is 10.2 Å². The van der Waals surface area contributed by atoms with E-state index < -0.39 is 17.3 Å². The van der Waals surface area contributed by atoms with Crippen LogP contribution in [0.3, 0.4) is 0 Å². The van der Waals surface area contributed by atoms with E-state index in [1.807, 2.05) is 0 Å². The van der Waals surface area contributed by atoms with Crippen molar-refractivity contribution in [1.29, 1.82) is 0 Å². The molecule has 1 aliphatic heterocycles. The molecule has 0 atom stereocenters. The molecule has 5 heterocycles. The molecule has 0 radical (unpaired) electrons. The summed E-state index contributed by atoms with van der Waals surface area (Å²) < 4.78 is 22.6. The van der Waals surface area contributed by atoms with Crippen LogP contribution >= 0.6 is 11.6 Å². The molecule has 0 bridgehead atoms. The number of nitrogens with one attached hydrogen (secondary N) is 2. The van der Waals surface area contributed by atoms with Gasteiger partial charge in [-0.2, -0.15) is 5.10 Å². The van der Waals surface area contributed by atoms with Crippen LogP contribution in [0.2, 0.25) is 5.15 Å². The van der Waals surface area contributed by atoms with E-state index in [1.165, 1.54) is 22.9 Å². The molecule has 6 rings (SSSR count). The molecule has 36 heavy (non-hydrogen) atoms. The molecule has 5 aromatic rings. The molecule has 182 valence electrons. The van der Waals surface area contributed by atoms with Crippen molar-refractivity contribution >= 4 is 45.3 Å². The number of nitrogen functional groups attached to an aromatic ring is 1. The molecule has 0 aliphatic carbocycles. The number of anilines is 1. The molecule has 4 aromatic heterocycles. The predicted molar refractivity (Wildman–Crippen MR) is 131 cm³/mol. The average molecular weight is 509 g/mol. The summed E-state index contributed by atoms with van der Waals surface area (Å²) in [6.45, 7) is 0.253. The van der Waals surface area contributed by atoms with Gasteiger partial charge < -0.3 is 25.1 Å². The van der Waals surface area contributed by atoms with Crippen LogP contribution in [-0.2, 0) is 13.0 Å². The molecule has 0 spiro atoms. The number of pyridine rings is 2. The van der Waals surface area contributed by atoms with Crippen molar-refractivity contribution in [2.45, 2.75) is 19.4 Å². The summed E-state index contributed by atoms with van der Waals surface area (Å²) in [6.07, 6.45) is 2.51. The van der Waals surface area contributed by atoms with E-state index in [0.29, 0.717) is 47.0 Å². The molecular formula is C24H18ClFN6O4. The standard InChI is InChI=1S/C24H18ClFN6O4/c25-20-10(7-13-21(27)30-31-22(13)29-20)9-32-15-8-14(26)11-4-2-6-36-19(11)17(15)16(18(32)24(34)35)12-3-1-5-28-23(12)33/h1,3,5,7-8H,2,4,6,9H2,(H,28,33)(H,34,35)(H3,27,29,30,31). The van der Waals surface area contributed by atoms with Crippen molar-refractivity contribution < 1.29 is 19.0 Å². The summed E-state index contributed by atoms with van der Waals surface area (Å²) in [5, 5.41) is 17.9. The number of aromatic nitrogens is 5. The van der Waals surface area contributed by atoms with Gasteiger partial charge in [-0.3, -0.25) is 9.89 Å². The number of benzene rings is 1. The molecule has 1 aliphatic rings. The van der Waals surface area contributed by atoms with E-state index in [0.717, 1.165) is 0 Å². The second-order valence-corrected chi connectivity index (χ2v) is 8.84. The van der Waals surface area contributed by atoms with Crippen LogP contribution in [0.25, 0.3) is 33.1 Å². The molecular weight excluding hydrogens is 491 g/mol. The topological polar surface area (TPSA) is 152 Å². The minimum atomic E-state index is -1.30. The van der Waals surface area contributed by atoms with Crippen LogP contribution < -0.4 is 16.0 Å². The molecule has 1 aromatic carbocycles. The van der Waals surface area contributed by atoms with Crippen molar-refractivity contribution in [1.82, 2.24) is 24.7 Å². The third kappa shape index (κ3) is 3.23. The maximum absolute atomic E-state index is 15.3. The fourth-order valence-electron chi connectivity index (χ4n) is 4.83. The average Bonchev–Trinajstić information content (AvgIpc) is 3.37. The lowest BCUT2D eigenvalue weighted by atomic mass is 9.97. The van der Waals surface area contributed by atoms with Gasteiger partial charge in [0.15, 0.2) is 11.5 Å². The van der Waals surface area contributed by atoms with Gasteiger partial charge in [-0.1, -0.05) is 11.6 Å². The minimum absolute atomic E-state index is 0.0898. The van der Waals surface area contributed by atoms with Gasteiger partial charge in [0.05, 0.1) is 35.0 Å². The van der Waals surface area contributed by atoms with Gasteiger partial charge in [0.25, 0.3) is 5.56 Å². The van der Waals surface area contributed by atoms with Gasteiger partial charge in [0, 0.05) is 22.9 Å². The summed E-state index contributed by atoms with van der Waals surface area (Å²) in [4.78, 5) is 32.4. The Kier molecular flexibility index (Phi) is 4.97. The van der Waals surface area contributed by atoms with E-state index in [1.54, 1.807) is 12.1 Å². The van der Waals surface area contributed by atoms with Crippen LogP contribution in [0.15, 0.2) is 35.3 Å². The Balaban J connectivity index is 1.72. The Hall–Kier alpha value is -4.38. The van der Waals surface area contributed by atoms with E-state index in [4.69, 9.17) is 22.1 Å². The zero-order valence-corrected chi connectivity index (χ0v) is 19.3. The second kappa shape index (κ2) is 8.09. The van der Waals surface area contributed by atoms with Gasteiger partial charge in [-0.15, -0.1) is 0 Å². The third-order valence-corrected chi connectivity index (χ3v) is 6.73. The predicted octanol–water partition coefficient (Wildman–Crippen LogP) is 3.71. The highest BCUT2D eigenvalue weighted by atomic mass is 35.5. The molecule has 0 unspecified atom stereocenters. The quantitative estimate of drug-likeness (QED) is 0.270. The minimum Gasteiger partial charge on any atom is -0.492 e. The Bertz CT molecular complexity index is 1770. The van der Waals surface area contributed by atoms with E-state index >= 15 is 4.39 Å². The van der Waals surface area contributed by atoms with E-state index in [-0.39, 0.29) is 45.6 Å². The molecule has 0 saturated heterocycles. The molecule has 12 heteroatoms. The summed E-state index contributed by atoms with van der Waals surface area (Å²) in [5.74, 6) is -1.37. The highest BCUT2D eigenvalue weighted by molar-refractivity contribution is 6.30. The smallest absolute Gasteiger partial charge is 0.353 e. The Morgan fingerprint density at radius 3 is 2.97 bits per heavy atom. The van der Waals surface area contributed by atoms with Crippen molar-refractivity contribution in [3.63, 3.8) is 0 Å². The Morgan fingerprint density at radius 1 is 1.36 bits per heavy atom.